The van der Waals surface area contributed by atoms with Crippen LogP contribution in [0.5, 0.6) is 5.75 Å². The highest BCUT2D eigenvalue weighted by Gasteiger charge is 2.16. The fourth-order valence-electron chi connectivity index (χ4n) is 3.21. The van der Waals surface area contributed by atoms with Gasteiger partial charge >= 0.3 is 0 Å². The number of amides is 1. The molecule has 1 heterocycles. The van der Waals surface area contributed by atoms with E-state index in [2.05, 4.69) is 10.0 Å². The summed E-state index contributed by atoms with van der Waals surface area (Å²) in [7, 11) is -2.00. The van der Waals surface area contributed by atoms with Gasteiger partial charge < -0.3 is 14.5 Å². The zero-order valence-corrected chi connectivity index (χ0v) is 19.3. The van der Waals surface area contributed by atoms with E-state index in [1.807, 2.05) is 49.4 Å². The third-order valence-corrected chi connectivity index (χ3v) is 6.61. The number of sulfonamides is 1. The average molecular weight is 457 g/mol. The van der Waals surface area contributed by atoms with Gasteiger partial charge in [0.1, 0.15) is 17.3 Å². The maximum absolute atomic E-state index is 12.5. The second kappa shape index (κ2) is 10.5. The molecule has 0 saturated carbocycles. The standard InChI is InChI=1S/C24H28N2O5S/c1-17-4-5-18(2)23(16-17)32(28,29)26-15-14-25-24(27)13-11-21-10-12-22(31-21)19-6-8-20(30-3)9-7-19/h4-10,12,16,26H,11,13-15H2,1-3H3,(H,25,27). The first-order chi connectivity index (χ1) is 15.3. The largest absolute Gasteiger partial charge is 0.497 e. The summed E-state index contributed by atoms with van der Waals surface area (Å²) < 4.78 is 38.5. The van der Waals surface area contributed by atoms with Crippen molar-refractivity contribution in [2.24, 2.45) is 0 Å². The van der Waals surface area contributed by atoms with Gasteiger partial charge in [0, 0.05) is 31.5 Å². The maximum atomic E-state index is 12.5. The zero-order chi connectivity index (χ0) is 23.1. The average Bonchev–Trinajstić information content (AvgIpc) is 3.26. The minimum Gasteiger partial charge on any atom is -0.497 e. The van der Waals surface area contributed by atoms with Crippen LogP contribution < -0.4 is 14.8 Å². The van der Waals surface area contributed by atoms with E-state index in [1.54, 1.807) is 26.2 Å². The Morgan fingerprint density at radius 1 is 1.00 bits per heavy atom. The summed E-state index contributed by atoms with van der Waals surface area (Å²) in [6.07, 6.45) is 0.704. The Balaban J connectivity index is 1.43. The predicted molar refractivity (Wildman–Crippen MR) is 123 cm³/mol. The Bertz CT molecular complexity index is 1170. The molecule has 0 atom stereocenters. The maximum Gasteiger partial charge on any atom is 0.240 e. The van der Waals surface area contributed by atoms with E-state index in [9.17, 15) is 13.2 Å². The van der Waals surface area contributed by atoms with Crippen molar-refractivity contribution < 1.29 is 22.4 Å². The number of ether oxygens (including phenoxy) is 1. The summed E-state index contributed by atoms with van der Waals surface area (Å²) >= 11 is 0. The van der Waals surface area contributed by atoms with Crippen molar-refractivity contribution >= 4 is 15.9 Å². The van der Waals surface area contributed by atoms with Crippen LogP contribution in [0.1, 0.15) is 23.3 Å². The fraction of sp³-hybridized carbons (Fsp3) is 0.292. The zero-order valence-electron chi connectivity index (χ0n) is 18.5. The quantitative estimate of drug-likeness (QED) is 0.454. The Labute approximate surface area is 188 Å². The lowest BCUT2D eigenvalue weighted by Gasteiger charge is -2.10. The molecule has 0 bridgehead atoms. The summed E-state index contributed by atoms with van der Waals surface area (Å²) in [5, 5.41) is 2.73. The normalized spacial score (nSPS) is 11.3. The van der Waals surface area contributed by atoms with Gasteiger partial charge in [0.2, 0.25) is 15.9 Å². The SMILES string of the molecule is COc1ccc(-c2ccc(CCC(=O)NCCNS(=O)(=O)c3cc(C)ccc3C)o2)cc1. The third-order valence-electron chi connectivity index (χ3n) is 5.01. The lowest BCUT2D eigenvalue weighted by Crippen LogP contribution is -2.35. The van der Waals surface area contributed by atoms with Crippen LogP contribution in [-0.2, 0) is 21.2 Å². The molecule has 7 nitrogen and oxygen atoms in total. The predicted octanol–water partition coefficient (Wildman–Crippen LogP) is 3.60. The summed E-state index contributed by atoms with van der Waals surface area (Å²) in [4.78, 5) is 12.4. The van der Waals surface area contributed by atoms with Gasteiger partial charge in [0.25, 0.3) is 0 Å². The van der Waals surface area contributed by atoms with Gasteiger partial charge in [-0.05, 0) is 67.4 Å². The van der Waals surface area contributed by atoms with Gasteiger partial charge in [-0.2, -0.15) is 0 Å². The van der Waals surface area contributed by atoms with Crippen LogP contribution in [0.2, 0.25) is 0 Å². The van der Waals surface area contributed by atoms with E-state index in [1.165, 1.54) is 0 Å². The molecule has 0 saturated heterocycles. The van der Waals surface area contributed by atoms with Crippen molar-refractivity contribution in [1.82, 2.24) is 10.0 Å². The molecule has 170 valence electrons. The Morgan fingerprint density at radius 2 is 1.75 bits per heavy atom. The molecule has 1 amide bonds. The van der Waals surface area contributed by atoms with Crippen molar-refractivity contribution in [3.63, 3.8) is 0 Å². The highest BCUT2D eigenvalue weighted by atomic mass is 32.2. The molecule has 0 unspecified atom stereocenters. The van der Waals surface area contributed by atoms with Gasteiger partial charge in [0.15, 0.2) is 0 Å². The summed E-state index contributed by atoms with van der Waals surface area (Å²) in [6.45, 7) is 3.92. The Morgan fingerprint density at radius 3 is 2.47 bits per heavy atom. The van der Waals surface area contributed by atoms with Crippen molar-refractivity contribution in [3.05, 3.63) is 71.5 Å². The molecule has 8 heteroatoms. The monoisotopic (exact) mass is 456 g/mol. The van der Waals surface area contributed by atoms with Crippen LogP contribution in [-0.4, -0.2) is 34.5 Å². The van der Waals surface area contributed by atoms with Crippen LogP contribution in [0, 0.1) is 13.8 Å². The molecule has 3 rings (SSSR count). The molecule has 0 fully saturated rings. The van der Waals surface area contributed by atoms with Crippen molar-refractivity contribution in [2.75, 3.05) is 20.2 Å². The number of nitrogens with one attached hydrogen (secondary N) is 2. The van der Waals surface area contributed by atoms with Crippen LogP contribution in [0.3, 0.4) is 0 Å². The van der Waals surface area contributed by atoms with E-state index in [0.717, 1.165) is 22.6 Å². The number of aryl methyl sites for hydroxylation is 3. The van der Waals surface area contributed by atoms with Crippen LogP contribution >= 0.6 is 0 Å². The highest BCUT2D eigenvalue weighted by molar-refractivity contribution is 7.89. The third kappa shape index (κ3) is 6.21. The highest BCUT2D eigenvalue weighted by Crippen LogP contribution is 2.25. The molecule has 0 radical (unpaired) electrons. The number of furan rings is 1. The van der Waals surface area contributed by atoms with E-state index in [0.29, 0.717) is 17.7 Å². The lowest BCUT2D eigenvalue weighted by atomic mass is 10.2. The first kappa shape index (κ1) is 23.6. The first-order valence-electron chi connectivity index (χ1n) is 10.4. The summed E-state index contributed by atoms with van der Waals surface area (Å²) in [5.41, 5.74) is 2.48. The van der Waals surface area contributed by atoms with Gasteiger partial charge in [-0.3, -0.25) is 4.79 Å². The van der Waals surface area contributed by atoms with Crippen molar-refractivity contribution in [1.29, 1.82) is 0 Å². The van der Waals surface area contributed by atoms with Gasteiger partial charge in [-0.1, -0.05) is 12.1 Å². The molecule has 0 aliphatic rings. The summed E-state index contributed by atoms with van der Waals surface area (Å²) in [6, 6.07) is 16.6. The van der Waals surface area contributed by atoms with E-state index in [-0.39, 0.29) is 30.3 Å². The fourth-order valence-corrected chi connectivity index (χ4v) is 4.57. The summed E-state index contributed by atoms with van der Waals surface area (Å²) in [5.74, 6) is 2.04. The number of hydrogen-bond donors (Lipinski definition) is 2. The molecule has 2 aromatic carbocycles. The van der Waals surface area contributed by atoms with Gasteiger partial charge in [-0.25, -0.2) is 13.1 Å². The van der Waals surface area contributed by atoms with E-state index >= 15 is 0 Å². The molecule has 2 N–H and O–H groups in total. The molecule has 0 spiro atoms. The first-order valence-corrected chi connectivity index (χ1v) is 11.8. The number of benzene rings is 2. The molecule has 1 aromatic heterocycles. The van der Waals surface area contributed by atoms with E-state index < -0.39 is 10.0 Å². The van der Waals surface area contributed by atoms with Crippen molar-refractivity contribution in [3.8, 4) is 17.1 Å². The number of carbonyl (C=O) groups excluding carboxylic acids is 1. The molecule has 0 aliphatic carbocycles. The van der Waals surface area contributed by atoms with E-state index in [4.69, 9.17) is 9.15 Å². The lowest BCUT2D eigenvalue weighted by molar-refractivity contribution is -0.121. The molecular formula is C24H28N2O5S. The van der Waals surface area contributed by atoms with Crippen LogP contribution in [0.25, 0.3) is 11.3 Å². The molecular weight excluding hydrogens is 428 g/mol. The Hall–Kier alpha value is -3.10. The molecule has 0 aliphatic heterocycles. The second-order valence-electron chi connectivity index (χ2n) is 7.51. The number of rotatable bonds is 10. The topological polar surface area (TPSA) is 97.6 Å². The second-order valence-corrected chi connectivity index (χ2v) is 9.25. The molecule has 3 aromatic rings. The Kier molecular flexibility index (Phi) is 7.71. The molecule has 32 heavy (non-hydrogen) atoms. The minimum absolute atomic E-state index is 0.115. The van der Waals surface area contributed by atoms with Crippen LogP contribution in [0.4, 0.5) is 0 Å². The van der Waals surface area contributed by atoms with Gasteiger partial charge in [0.05, 0.1) is 12.0 Å². The van der Waals surface area contributed by atoms with Gasteiger partial charge in [-0.15, -0.1) is 0 Å². The van der Waals surface area contributed by atoms with Crippen LogP contribution in [0.15, 0.2) is 63.9 Å². The minimum atomic E-state index is -3.62. The number of carbonyl (C=O) groups is 1. The number of methoxy groups -OCH3 is 1. The smallest absolute Gasteiger partial charge is 0.240 e. The number of hydrogen-bond acceptors (Lipinski definition) is 5. The van der Waals surface area contributed by atoms with Crippen molar-refractivity contribution in [2.45, 2.75) is 31.6 Å².